The lowest BCUT2D eigenvalue weighted by Gasteiger charge is -2.32. The van der Waals surface area contributed by atoms with Gasteiger partial charge in [0.15, 0.2) is 0 Å². The van der Waals surface area contributed by atoms with Gasteiger partial charge in [-0.1, -0.05) is 49.8 Å². The SMILES string of the molecule is C#C.C/C=C\c1c(C)c(C)n(C)c1C.C=CCNC.CC.Cc1ccc(NC2CCN(CC=O)CC2)c(CO)c1. The Morgan fingerprint density at radius 3 is 2.10 bits per heavy atom. The van der Waals surface area contributed by atoms with Crippen LogP contribution in [0.5, 0.6) is 0 Å². The lowest BCUT2D eigenvalue weighted by molar-refractivity contribution is -0.109. The van der Waals surface area contributed by atoms with Crippen LogP contribution in [-0.2, 0) is 18.4 Å². The molecular formula is C34H56N4O2. The van der Waals surface area contributed by atoms with Gasteiger partial charge in [0.05, 0.1) is 13.2 Å². The van der Waals surface area contributed by atoms with Crippen LogP contribution >= 0.6 is 0 Å². The molecule has 0 bridgehead atoms. The van der Waals surface area contributed by atoms with Crippen molar-refractivity contribution in [3.05, 3.63) is 70.6 Å². The molecule has 0 atom stereocenters. The summed E-state index contributed by atoms with van der Waals surface area (Å²) in [7, 11) is 4.01. The molecule has 1 aromatic heterocycles. The van der Waals surface area contributed by atoms with Gasteiger partial charge in [-0.3, -0.25) is 4.90 Å². The van der Waals surface area contributed by atoms with Crippen molar-refractivity contribution in [2.75, 3.05) is 38.5 Å². The van der Waals surface area contributed by atoms with Gasteiger partial charge in [-0.25, -0.2) is 0 Å². The van der Waals surface area contributed by atoms with Gasteiger partial charge < -0.3 is 25.1 Å². The summed E-state index contributed by atoms with van der Waals surface area (Å²) in [6, 6.07) is 6.54. The number of carbonyl (C=O) groups excluding carboxylic acids is 1. The van der Waals surface area contributed by atoms with Crippen LogP contribution in [-0.4, -0.2) is 60.1 Å². The Bertz CT molecular complexity index is 987. The second-order valence-corrected chi connectivity index (χ2v) is 9.32. The van der Waals surface area contributed by atoms with Gasteiger partial charge in [0.2, 0.25) is 0 Å². The molecule has 2 aromatic rings. The number of hydrogen-bond acceptors (Lipinski definition) is 5. The first kappa shape index (κ1) is 39.0. The van der Waals surface area contributed by atoms with E-state index in [4.69, 9.17) is 0 Å². The number of rotatable bonds is 8. The Hall–Kier alpha value is -3.11. The summed E-state index contributed by atoms with van der Waals surface area (Å²) in [5, 5.41) is 15.8. The quantitative estimate of drug-likeness (QED) is 0.206. The van der Waals surface area contributed by atoms with Gasteiger partial charge in [0, 0.05) is 55.4 Å². The minimum atomic E-state index is 0.0635. The molecule has 0 saturated carbocycles. The fraction of sp³-hybridized carbons (Fsp3) is 0.500. The van der Waals surface area contributed by atoms with E-state index < -0.39 is 0 Å². The molecule has 1 saturated heterocycles. The normalized spacial score (nSPS) is 12.8. The highest BCUT2D eigenvalue weighted by Gasteiger charge is 2.19. The number of allylic oxidation sites excluding steroid dienone is 1. The van der Waals surface area contributed by atoms with Crippen LogP contribution in [0.25, 0.3) is 6.08 Å². The topological polar surface area (TPSA) is 69.5 Å². The fourth-order valence-corrected chi connectivity index (χ4v) is 4.29. The third-order valence-corrected chi connectivity index (χ3v) is 6.74. The summed E-state index contributed by atoms with van der Waals surface area (Å²) in [5.41, 5.74) is 8.63. The van der Waals surface area contributed by atoms with Crippen molar-refractivity contribution in [2.45, 2.75) is 74.0 Å². The van der Waals surface area contributed by atoms with Gasteiger partial charge in [-0.15, -0.1) is 19.4 Å². The van der Waals surface area contributed by atoms with E-state index in [1.807, 2.05) is 46.0 Å². The molecule has 3 N–H and O–H groups in total. The zero-order chi connectivity index (χ0) is 31.1. The van der Waals surface area contributed by atoms with Crippen molar-refractivity contribution in [3.63, 3.8) is 0 Å². The highest BCUT2D eigenvalue weighted by atomic mass is 16.3. The zero-order valence-electron chi connectivity index (χ0n) is 26.7. The van der Waals surface area contributed by atoms with Crippen molar-refractivity contribution in [1.82, 2.24) is 14.8 Å². The number of anilines is 1. The Labute approximate surface area is 245 Å². The molecule has 0 amide bonds. The number of aryl methyl sites for hydroxylation is 1. The number of nitrogens with zero attached hydrogens (tertiary/aromatic N) is 2. The maximum absolute atomic E-state index is 10.5. The minimum Gasteiger partial charge on any atom is -0.392 e. The monoisotopic (exact) mass is 552 g/mol. The van der Waals surface area contributed by atoms with E-state index in [1.54, 1.807) is 0 Å². The number of piperidine rings is 1. The van der Waals surface area contributed by atoms with Crippen molar-refractivity contribution >= 4 is 18.0 Å². The minimum absolute atomic E-state index is 0.0635. The van der Waals surface area contributed by atoms with Crippen LogP contribution in [0.1, 0.15) is 67.3 Å². The van der Waals surface area contributed by atoms with E-state index in [0.717, 1.165) is 55.6 Å². The number of aliphatic hydroxyl groups excluding tert-OH is 1. The van der Waals surface area contributed by atoms with Gasteiger partial charge in [0.1, 0.15) is 6.29 Å². The average Bonchev–Trinajstić information content (AvgIpc) is 3.16. The number of benzene rings is 1. The van der Waals surface area contributed by atoms with Gasteiger partial charge >= 0.3 is 0 Å². The summed E-state index contributed by atoms with van der Waals surface area (Å²) in [6.45, 7) is 21.5. The highest BCUT2D eigenvalue weighted by Crippen LogP contribution is 2.22. The number of terminal acetylenes is 1. The lowest BCUT2D eigenvalue weighted by Crippen LogP contribution is -2.40. The molecule has 2 heterocycles. The summed E-state index contributed by atoms with van der Waals surface area (Å²) >= 11 is 0. The number of hydrogen-bond donors (Lipinski definition) is 3. The van der Waals surface area contributed by atoms with Gasteiger partial charge in [-0.2, -0.15) is 0 Å². The first-order valence-corrected chi connectivity index (χ1v) is 14.2. The van der Waals surface area contributed by atoms with Gasteiger partial charge in [-0.05, 0) is 71.7 Å². The molecule has 224 valence electrons. The summed E-state index contributed by atoms with van der Waals surface area (Å²) in [6.07, 6.45) is 17.1. The molecule has 0 unspecified atom stereocenters. The number of likely N-dealkylation sites (N-methyl/N-ethyl adjacent to an activating group) is 1. The molecular weight excluding hydrogens is 496 g/mol. The fourth-order valence-electron chi connectivity index (χ4n) is 4.29. The van der Waals surface area contributed by atoms with Crippen LogP contribution in [0.15, 0.2) is 36.9 Å². The average molecular weight is 553 g/mol. The van der Waals surface area contributed by atoms with Crippen molar-refractivity contribution < 1.29 is 9.90 Å². The second-order valence-electron chi connectivity index (χ2n) is 9.32. The smallest absolute Gasteiger partial charge is 0.133 e. The molecule has 0 spiro atoms. The van der Waals surface area contributed by atoms with Crippen LogP contribution in [0.4, 0.5) is 5.69 Å². The molecule has 1 fully saturated rings. The van der Waals surface area contributed by atoms with E-state index >= 15 is 0 Å². The molecule has 6 heteroatoms. The second kappa shape index (κ2) is 23.7. The molecule has 0 aliphatic carbocycles. The van der Waals surface area contributed by atoms with Crippen LogP contribution < -0.4 is 10.6 Å². The third kappa shape index (κ3) is 13.8. The van der Waals surface area contributed by atoms with Crippen molar-refractivity contribution in [2.24, 2.45) is 7.05 Å². The van der Waals surface area contributed by atoms with E-state index in [-0.39, 0.29) is 6.61 Å². The standard InChI is InChI=1S/C15H22N2O2.C11H17N.C4H9N.C2H6.C2H2/c1-12-2-3-15(13(10-12)11-19)16-14-4-6-17(7-5-14)8-9-18;1-6-7-11-8(2)9(3)12(5)10(11)4;1-3-4-5-2;2*1-2/h2-3,9-10,14,16,19H,4-8,11H2,1H3;6-7H,1-5H3;3,5H,1,4H2,2H3;1-2H3;1-2H/b;7-6-;;;. The summed E-state index contributed by atoms with van der Waals surface area (Å²) < 4.78 is 2.24. The Kier molecular flexibility index (Phi) is 23.2. The Balaban J connectivity index is 0. The van der Waals surface area contributed by atoms with Gasteiger partial charge in [0.25, 0.3) is 0 Å². The van der Waals surface area contributed by atoms with Crippen LogP contribution in [0, 0.1) is 40.5 Å². The number of carbonyl (C=O) groups is 1. The predicted octanol–water partition coefficient (Wildman–Crippen LogP) is 6.21. The molecule has 1 aliphatic heterocycles. The lowest BCUT2D eigenvalue weighted by atomic mass is 10.0. The number of aldehydes is 1. The predicted molar refractivity (Wildman–Crippen MR) is 176 cm³/mol. The van der Waals surface area contributed by atoms with Crippen molar-refractivity contribution in [1.29, 1.82) is 0 Å². The van der Waals surface area contributed by atoms with Crippen molar-refractivity contribution in [3.8, 4) is 12.8 Å². The largest absolute Gasteiger partial charge is 0.392 e. The molecule has 1 aromatic carbocycles. The number of nitrogens with one attached hydrogen (secondary N) is 2. The summed E-state index contributed by atoms with van der Waals surface area (Å²) in [4.78, 5) is 12.6. The number of aliphatic hydroxyl groups is 1. The van der Waals surface area contributed by atoms with E-state index in [0.29, 0.717) is 12.6 Å². The maximum Gasteiger partial charge on any atom is 0.133 e. The Morgan fingerprint density at radius 1 is 1.10 bits per heavy atom. The molecule has 40 heavy (non-hydrogen) atoms. The maximum atomic E-state index is 10.5. The van der Waals surface area contributed by atoms with E-state index in [9.17, 15) is 9.90 Å². The number of likely N-dealkylation sites (tertiary alicyclic amines) is 1. The molecule has 6 nitrogen and oxygen atoms in total. The summed E-state index contributed by atoms with van der Waals surface area (Å²) in [5.74, 6) is 0. The number of aromatic nitrogens is 1. The third-order valence-electron chi connectivity index (χ3n) is 6.74. The first-order chi connectivity index (χ1) is 19.2. The molecule has 3 rings (SSSR count). The van der Waals surface area contributed by atoms with E-state index in [1.165, 1.54) is 22.5 Å². The van der Waals surface area contributed by atoms with Crippen LogP contribution in [0.2, 0.25) is 0 Å². The molecule has 0 radical (unpaired) electrons. The Morgan fingerprint density at radius 2 is 1.70 bits per heavy atom. The van der Waals surface area contributed by atoms with E-state index in [2.05, 4.69) is 92.5 Å². The first-order valence-electron chi connectivity index (χ1n) is 14.2. The van der Waals surface area contributed by atoms with Crippen LogP contribution in [0.3, 0.4) is 0 Å². The zero-order valence-corrected chi connectivity index (χ0v) is 26.7. The highest BCUT2D eigenvalue weighted by molar-refractivity contribution is 5.58. The molecule has 1 aliphatic rings.